The van der Waals surface area contributed by atoms with E-state index in [0.717, 1.165) is 5.56 Å². The lowest BCUT2D eigenvalue weighted by Gasteiger charge is -2.12. The molecule has 0 amide bonds. The second-order valence-corrected chi connectivity index (χ2v) is 4.00. The van der Waals surface area contributed by atoms with Gasteiger partial charge in [0.25, 0.3) is 0 Å². The predicted molar refractivity (Wildman–Crippen MR) is 57.0 cm³/mol. The second kappa shape index (κ2) is 5.40. The number of halogens is 4. The summed E-state index contributed by atoms with van der Waals surface area (Å²) in [6, 6.07) is 5.37. The summed E-state index contributed by atoms with van der Waals surface area (Å²) < 4.78 is 39.4. The van der Waals surface area contributed by atoms with Crippen molar-refractivity contribution in [2.45, 2.75) is 25.6 Å². The predicted octanol–water partition coefficient (Wildman–Crippen LogP) is 3.84. The van der Waals surface area contributed by atoms with E-state index in [1.165, 1.54) is 24.3 Å². The molecule has 0 aliphatic heterocycles. The Labute approximate surface area is 101 Å². The fourth-order valence-electron chi connectivity index (χ4n) is 1.36. The van der Waals surface area contributed by atoms with Crippen LogP contribution in [0.1, 0.15) is 24.8 Å². The quantitative estimate of drug-likeness (QED) is 0.774. The molecule has 2 nitrogen and oxygen atoms in total. The van der Waals surface area contributed by atoms with Gasteiger partial charge in [0.1, 0.15) is 5.75 Å². The Bertz CT molecular complexity index is 387. The van der Waals surface area contributed by atoms with Crippen LogP contribution in [0.15, 0.2) is 24.3 Å². The average molecular weight is 267 g/mol. The molecule has 0 saturated carbocycles. The number of hydrogen-bond donors (Lipinski definition) is 0. The minimum Gasteiger partial charge on any atom is -0.406 e. The van der Waals surface area contributed by atoms with Gasteiger partial charge in [0.05, 0.1) is 0 Å². The first-order chi connectivity index (χ1) is 7.78. The molecule has 94 valence electrons. The molecule has 0 fully saturated rings. The molecular weight excluding hydrogens is 257 g/mol. The molecular formula is C11H10ClF3O2. The molecule has 0 heterocycles. The fourth-order valence-corrected chi connectivity index (χ4v) is 1.59. The first-order valence-electron chi connectivity index (χ1n) is 4.82. The molecule has 6 heteroatoms. The van der Waals surface area contributed by atoms with Gasteiger partial charge in [0.2, 0.25) is 5.24 Å². The van der Waals surface area contributed by atoms with Crippen LogP contribution in [0.4, 0.5) is 13.2 Å². The maximum Gasteiger partial charge on any atom is 0.573 e. The summed E-state index contributed by atoms with van der Waals surface area (Å²) in [6.45, 7) is 1.76. The van der Waals surface area contributed by atoms with Gasteiger partial charge in [-0.3, -0.25) is 4.79 Å². The Morgan fingerprint density at radius 1 is 1.35 bits per heavy atom. The molecule has 0 aliphatic carbocycles. The molecule has 0 radical (unpaired) electrons. The van der Waals surface area contributed by atoms with Crippen LogP contribution in [-0.4, -0.2) is 11.6 Å². The van der Waals surface area contributed by atoms with Crippen molar-refractivity contribution < 1.29 is 22.7 Å². The maximum absolute atomic E-state index is 11.9. The highest BCUT2D eigenvalue weighted by Crippen LogP contribution is 2.26. The van der Waals surface area contributed by atoms with Crippen LogP contribution in [0, 0.1) is 0 Å². The highest BCUT2D eigenvalue weighted by atomic mass is 35.5. The number of ether oxygens (including phenoxy) is 1. The van der Waals surface area contributed by atoms with Crippen molar-refractivity contribution in [2.75, 3.05) is 0 Å². The molecule has 0 aliphatic rings. The highest BCUT2D eigenvalue weighted by Gasteiger charge is 2.31. The van der Waals surface area contributed by atoms with Gasteiger partial charge < -0.3 is 4.74 Å². The van der Waals surface area contributed by atoms with Crippen molar-refractivity contribution in [1.29, 1.82) is 0 Å². The van der Waals surface area contributed by atoms with Gasteiger partial charge in [-0.25, -0.2) is 0 Å². The Hall–Kier alpha value is -1.23. The summed E-state index contributed by atoms with van der Waals surface area (Å²) >= 11 is 5.23. The van der Waals surface area contributed by atoms with Crippen molar-refractivity contribution in [3.05, 3.63) is 29.8 Å². The molecule has 0 unspecified atom stereocenters. The van der Waals surface area contributed by atoms with Crippen molar-refractivity contribution in [3.8, 4) is 5.75 Å². The standard InChI is InChI=1S/C11H10ClF3O2/c1-7(6-10(12)16)8-2-4-9(5-3-8)17-11(13,14)15/h2-5,7H,6H2,1H3/t7-/m1/s1. The van der Waals surface area contributed by atoms with Gasteiger partial charge in [-0.1, -0.05) is 19.1 Å². The number of carbonyl (C=O) groups excluding carboxylic acids is 1. The summed E-state index contributed by atoms with van der Waals surface area (Å²) in [4.78, 5) is 10.7. The maximum atomic E-state index is 11.9. The third kappa shape index (κ3) is 5.08. The van der Waals surface area contributed by atoms with E-state index < -0.39 is 11.6 Å². The Morgan fingerprint density at radius 3 is 2.29 bits per heavy atom. The van der Waals surface area contributed by atoms with Crippen LogP contribution in [0.5, 0.6) is 5.75 Å². The molecule has 0 saturated heterocycles. The lowest BCUT2D eigenvalue weighted by molar-refractivity contribution is -0.274. The van der Waals surface area contributed by atoms with Crippen LogP contribution in [0.3, 0.4) is 0 Å². The minimum absolute atomic E-state index is 0.139. The van der Waals surface area contributed by atoms with Crippen molar-refractivity contribution in [1.82, 2.24) is 0 Å². The van der Waals surface area contributed by atoms with E-state index in [1.807, 2.05) is 0 Å². The summed E-state index contributed by atoms with van der Waals surface area (Å²) in [6.07, 6.45) is -4.56. The van der Waals surface area contributed by atoms with Crippen LogP contribution >= 0.6 is 11.6 Å². The van der Waals surface area contributed by atoms with Gasteiger partial charge in [-0.15, -0.1) is 13.2 Å². The zero-order valence-electron chi connectivity index (χ0n) is 8.92. The zero-order valence-corrected chi connectivity index (χ0v) is 9.68. The molecule has 17 heavy (non-hydrogen) atoms. The van der Waals surface area contributed by atoms with Crippen LogP contribution in [0.25, 0.3) is 0 Å². The molecule has 0 aromatic heterocycles. The summed E-state index contributed by atoms with van der Waals surface area (Å²) in [5.41, 5.74) is 0.730. The smallest absolute Gasteiger partial charge is 0.406 e. The topological polar surface area (TPSA) is 26.3 Å². The van der Waals surface area contributed by atoms with Gasteiger partial charge >= 0.3 is 6.36 Å². The Morgan fingerprint density at radius 2 is 1.88 bits per heavy atom. The SMILES string of the molecule is C[C@H](CC(=O)Cl)c1ccc(OC(F)(F)F)cc1. The van der Waals surface area contributed by atoms with E-state index in [9.17, 15) is 18.0 Å². The van der Waals surface area contributed by atoms with E-state index in [-0.39, 0.29) is 18.1 Å². The fraction of sp³-hybridized carbons (Fsp3) is 0.364. The van der Waals surface area contributed by atoms with E-state index >= 15 is 0 Å². The molecule has 0 spiro atoms. The van der Waals surface area contributed by atoms with E-state index in [0.29, 0.717) is 0 Å². The summed E-state index contributed by atoms with van der Waals surface area (Å²) in [7, 11) is 0. The van der Waals surface area contributed by atoms with Crippen LogP contribution in [-0.2, 0) is 4.79 Å². The lowest BCUT2D eigenvalue weighted by atomic mass is 9.98. The lowest BCUT2D eigenvalue weighted by Crippen LogP contribution is -2.17. The first-order valence-corrected chi connectivity index (χ1v) is 5.20. The van der Waals surface area contributed by atoms with Gasteiger partial charge in [0, 0.05) is 6.42 Å². The summed E-state index contributed by atoms with van der Waals surface area (Å²) in [5.74, 6) is -0.425. The second-order valence-electron chi connectivity index (χ2n) is 3.58. The molecule has 0 N–H and O–H groups in total. The van der Waals surface area contributed by atoms with Crippen LogP contribution < -0.4 is 4.74 Å². The number of rotatable bonds is 4. The molecule has 1 aromatic carbocycles. The average Bonchev–Trinajstić information content (AvgIpc) is 2.15. The largest absolute Gasteiger partial charge is 0.573 e. The Kier molecular flexibility index (Phi) is 4.40. The first kappa shape index (κ1) is 13.8. The van der Waals surface area contributed by atoms with E-state index in [2.05, 4.69) is 4.74 Å². The number of hydrogen-bond acceptors (Lipinski definition) is 2. The molecule has 0 bridgehead atoms. The number of carbonyl (C=O) groups is 1. The van der Waals surface area contributed by atoms with Gasteiger partial charge in [0.15, 0.2) is 0 Å². The van der Waals surface area contributed by atoms with Gasteiger partial charge in [-0.2, -0.15) is 0 Å². The van der Waals surface area contributed by atoms with Crippen molar-refractivity contribution >= 4 is 16.8 Å². The Balaban J connectivity index is 2.71. The number of benzene rings is 1. The van der Waals surface area contributed by atoms with Crippen molar-refractivity contribution in [2.24, 2.45) is 0 Å². The van der Waals surface area contributed by atoms with Crippen molar-refractivity contribution in [3.63, 3.8) is 0 Å². The summed E-state index contributed by atoms with van der Waals surface area (Å²) in [5, 5.41) is -0.479. The van der Waals surface area contributed by atoms with Crippen LogP contribution in [0.2, 0.25) is 0 Å². The molecule has 1 atom stereocenters. The van der Waals surface area contributed by atoms with E-state index in [1.54, 1.807) is 6.92 Å². The monoisotopic (exact) mass is 266 g/mol. The van der Waals surface area contributed by atoms with Gasteiger partial charge in [-0.05, 0) is 35.2 Å². The van der Waals surface area contributed by atoms with E-state index in [4.69, 9.17) is 11.6 Å². The molecule has 1 aromatic rings. The molecule has 1 rings (SSSR count). The zero-order chi connectivity index (χ0) is 13.1. The third-order valence-electron chi connectivity index (χ3n) is 2.15. The minimum atomic E-state index is -4.70. The number of alkyl halides is 3. The normalized spacial score (nSPS) is 13.2. The third-order valence-corrected chi connectivity index (χ3v) is 2.30. The highest BCUT2D eigenvalue weighted by molar-refractivity contribution is 6.63.